The molecule has 0 fully saturated rings. The number of rotatable bonds is 7. The van der Waals surface area contributed by atoms with Gasteiger partial charge in [0.2, 0.25) is 5.91 Å². The maximum Gasteiger partial charge on any atom is 0.221 e. The monoisotopic (exact) mass is 266 g/mol. The van der Waals surface area contributed by atoms with E-state index in [1.165, 1.54) is 6.07 Å². The Labute approximate surface area is 114 Å². The normalized spacial score (nSPS) is 12.5. The first-order chi connectivity index (χ1) is 9.00. The van der Waals surface area contributed by atoms with Crippen molar-refractivity contribution in [1.82, 2.24) is 10.6 Å². The van der Waals surface area contributed by atoms with Crippen LogP contribution in [0, 0.1) is 11.7 Å². The average molecular weight is 266 g/mol. The second-order valence-corrected chi connectivity index (χ2v) is 5.15. The minimum atomic E-state index is -0.216. The van der Waals surface area contributed by atoms with Crippen LogP contribution < -0.4 is 10.6 Å². The summed E-state index contributed by atoms with van der Waals surface area (Å²) in [5.74, 6) is 0.267. The van der Waals surface area contributed by atoms with Crippen LogP contribution in [0.2, 0.25) is 0 Å². The third-order valence-electron chi connectivity index (χ3n) is 2.88. The highest BCUT2D eigenvalue weighted by Gasteiger charge is 2.10. The van der Waals surface area contributed by atoms with E-state index in [0.717, 1.165) is 0 Å². The van der Waals surface area contributed by atoms with Gasteiger partial charge in [-0.05, 0) is 18.9 Å². The standard InChI is InChI=1S/C15H23FN2O/c1-11(2)10-18-15(19)8-9-17-12(3)13-6-4-5-7-14(13)16/h4-7,11-12,17H,8-10H2,1-3H3,(H,18,19). The number of benzene rings is 1. The highest BCUT2D eigenvalue weighted by Crippen LogP contribution is 2.15. The maximum atomic E-state index is 13.5. The molecule has 1 rings (SSSR count). The summed E-state index contributed by atoms with van der Waals surface area (Å²) in [6.07, 6.45) is 0.408. The molecule has 0 aliphatic rings. The molecule has 0 aliphatic carbocycles. The van der Waals surface area contributed by atoms with E-state index in [4.69, 9.17) is 0 Å². The summed E-state index contributed by atoms with van der Waals surface area (Å²) in [5.41, 5.74) is 0.630. The van der Waals surface area contributed by atoms with Crippen LogP contribution in [0.4, 0.5) is 4.39 Å². The van der Waals surface area contributed by atoms with Crippen LogP contribution in [0.3, 0.4) is 0 Å². The van der Waals surface area contributed by atoms with E-state index >= 15 is 0 Å². The van der Waals surface area contributed by atoms with E-state index in [0.29, 0.717) is 31.0 Å². The molecule has 0 aromatic heterocycles. The molecule has 106 valence electrons. The largest absolute Gasteiger partial charge is 0.356 e. The molecule has 4 heteroatoms. The number of carbonyl (C=O) groups is 1. The zero-order chi connectivity index (χ0) is 14.3. The number of hydrogen-bond donors (Lipinski definition) is 2. The van der Waals surface area contributed by atoms with Crippen molar-refractivity contribution in [3.8, 4) is 0 Å². The van der Waals surface area contributed by atoms with Crippen molar-refractivity contribution >= 4 is 5.91 Å². The fraction of sp³-hybridized carbons (Fsp3) is 0.533. The second-order valence-electron chi connectivity index (χ2n) is 5.15. The Morgan fingerprint density at radius 1 is 1.26 bits per heavy atom. The van der Waals surface area contributed by atoms with Crippen LogP contribution in [0.5, 0.6) is 0 Å². The molecule has 19 heavy (non-hydrogen) atoms. The molecule has 1 aromatic rings. The van der Waals surface area contributed by atoms with Gasteiger partial charge in [-0.1, -0.05) is 32.0 Å². The Morgan fingerprint density at radius 3 is 2.58 bits per heavy atom. The average Bonchev–Trinajstić information content (AvgIpc) is 2.36. The minimum Gasteiger partial charge on any atom is -0.356 e. The van der Waals surface area contributed by atoms with Gasteiger partial charge in [-0.3, -0.25) is 4.79 Å². The van der Waals surface area contributed by atoms with Crippen molar-refractivity contribution in [3.63, 3.8) is 0 Å². The summed E-state index contributed by atoms with van der Waals surface area (Å²) in [5, 5.41) is 6.01. The van der Waals surface area contributed by atoms with Gasteiger partial charge in [-0.2, -0.15) is 0 Å². The van der Waals surface area contributed by atoms with Crippen LogP contribution in [-0.4, -0.2) is 19.0 Å². The van der Waals surface area contributed by atoms with Gasteiger partial charge in [0, 0.05) is 31.1 Å². The van der Waals surface area contributed by atoms with Crippen LogP contribution in [-0.2, 0) is 4.79 Å². The Hall–Kier alpha value is -1.42. The molecular formula is C15H23FN2O. The van der Waals surface area contributed by atoms with Gasteiger partial charge in [0.15, 0.2) is 0 Å². The molecule has 0 saturated carbocycles. The van der Waals surface area contributed by atoms with Crippen LogP contribution in [0.25, 0.3) is 0 Å². The molecule has 0 saturated heterocycles. The minimum absolute atomic E-state index is 0.0296. The maximum absolute atomic E-state index is 13.5. The van der Waals surface area contributed by atoms with Gasteiger partial charge < -0.3 is 10.6 Å². The van der Waals surface area contributed by atoms with Gasteiger partial charge in [0.25, 0.3) is 0 Å². The summed E-state index contributed by atoms with van der Waals surface area (Å²) < 4.78 is 13.5. The lowest BCUT2D eigenvalue weighted by molar-refractivity contribution is -0.121. The van der Waals surface area contributed by atoms with Gasteiger partial charge in [-0.15, -0.1) is 0 Å². The lowest BCUT2D eigenvalue weighted by Gasteiger charge is -2.15. The fourth-order valence-electron chi connectivity index (χ4n) is 1.74. The molecule has 1 amide bonds. The predicted molar refractivity (Wildman–Crippen MR) is 75.3 cm³/mol. The highest BCUT2D eigenvalue weighted by atomic mass is 19.1. The topological polar surface area (TPSA) is 41.1 Å². The SMILES string of the molecule is CC(C)CNC(=O)CCNC(C)c1ccccc1F. The van der Waals surface area contributed by atoms with Crippen molar-refractivity contribution in [1.29, 1.82) is 0 Å². The molecule has 0 spiro atoms. The number of halogens is 1. The van der Waals surface area contributed by atoms with E-state index in [-0.39, 0.29) is 17.8 Å². The lowest BCUT2D eigenvalue weighted by atomic mass is 10.1. The fourth-order valence-corrected chi connectivity index (χ4v) is 1.74. The quantitative estimate of drug-likeness (QED) is 0.796. The van der Waals surface area contributed by atoms with E-state index in [9.17, 15) is 9.18 Å². The molecule has 3 nitrogen and oxygen atoms in total. The van der Waals surface area contributed by atoms with Crippen molar-refractivity contribution in [3.05, 3.63) is 35.6 Å². The summed E-state index contributed by atoms with van der Waals surface area (Å²) in [6, 6.07) is 6.59. The molecule has 1 unspecified atom stereocenters. The molecule has 2 N–H and O–H groups in total. The predicted octanol–water partition coefficient (Wildman–Crippen LogP) is 2.64. The van der Waals surface area contributed by atoms with Crippen molar-refractivity contribution in [2.75, 3.05) is 13.1 Å². The number of amides is 1. The van der Waals surface area contributed by atoms with E-state index in [1.54, 1.807) is 12.1 Å². The van der Waals surface area contributed by atoms with Crippen molar-refractivity contribution < 1.29 is 9.18 Å². The summed E-state index contributed by atoms with van der Waals surface area (Å²) in [6.45, 7) is 7.24. The summed E-state index contributed by atoms with van der Waals surface area (Å²) in [4.78, 5) is 11.5. The van der Waals surface area contributed by atoms with Crippen molar-refractivity contribution in [2.45, 2.75) is 33.2 Å². The first kappa shape index (κ1) is 15.6. The second kappa shape index (κ2) is 7.89. The van der Waals surface area contributed by atoms with Gasteiger partial charge in [-0.25, -0.2) is 4.39 Å². The first-order valence-electron chi connectivity index (χ1n) is 6.75. The van der Waals surface area contributed by atoms with Crippen molar-refractivity contribution in [2.24, 2.45) is 5.92 Å². The molecule has 1 aromatic carbocycles. The highest BCUT2D eigenvalue weighted by molar-refractivity contribution is 5.76. The Kier molecular flexibility index (Phi) is 6.50. The molecule has 0 aliphatic heterocycles. The number of nitrogens with one attached hydrogen (secondary N) is 2. The van der Waals surface area contributed by atoms with Crippen LogP contribution in [0.15, 0.2) is 24.3 Å². The zero-order valence-electron chi connectivity index (χ0n) is 11.9. The number of hydrogen-bond acceptors (Lipinski definition) is 2. The van der Waals surface area contributed by atoms with E-state index in [1.807, 2.05) is 13.0 Å². The lowest BCUT2D eigenvalue weighted by Crippen LogP contribution is -2.31. The Balaban J connectivity index is 2.29. The van der Waals surface area contributed by atoms with Crippen LogP contribution >= 0.6 is 0 Å². The third-order valence-corrected chi connectivity index (χ3v) is 2.88. The van der Waals surface area contributed by atoms with Gasteiger partial charge in [0.05, 0.1) is 0 Å². The van der Waals surface area contributed by atoms with Crippen LogP contribution in [0.1, 0.15) is 38.8 Å². The Bertz CT molecular complexity index is 407. The molecule has 1 atom stereocenters. The molecule has 0 radical (unpaired) electrons. The summed E-state index contributed by atoms with van der Waals surface area (Å²) >= 11 is 0. The smallest absolute Gasteiger partial charge is 0.221 e. The first-order valence-corrected chi connectivity index (χ1v) is 6.75. The molecular weight excluding hydrogens is 243 g/mol. The van der Waals surface area contributed by atoms with E-state index in [2.05, 4.69) is 24.5 Å². The van der Waals surface area contributed by atoms with Gasteiger partial charge >= 0.3 is 0 Å². The van der Waals surface area contributed by atoms with Gasteiger partial charge in [0.1, 0.15) is 5.82 Å². The Morgan fingerprint density at radius 2 is 1.95 bits per heavy atom. The summed E-state index contributed by atoms with van der Waals surface area (Å²) in [7, 11) is 0. The molecule has 0 heterocycles. The number of carbonyl (C=O) groups excluding carboxylic acids is 1. The molecule has 0 bridgehead atoms. The zero-order valence-corrected chi connectivity index (χ0v) is 11.9. The van der Waals surface area contributed by atoms with E-state index < -0.39 is 0 Å². The third kappa shape index (κ3) is 5.83.